The molecule has 0 bridgehead atoms. The molecule has 1 aliphatic carbocycles. The molecule has 1 saturated heterocycles. The van der Waals surface area contributed by atoms with Gasteiger partial charge in [0.1, 0.15) is 5.82 Å². The number of anilines is 2. The number of benzene rings is 1. The first kappa shape index (κ1) is 15.9. The summed E-state index contributed by atoms with van der Waals surface area (Å²) in [6, 6.07) is 5.99. The standard InChI is InChI=1S/C17H24FN3.ClH/c18-14-3-6-16-17(10-14)21(15-4-5-15)9-8-20(16)12-13-2-1-7-19-11-13;/h3,6,10,13,15,19H,1-2,4-5,7-9,11-12H2;1H. The minimum atomic E-state index is -0.111. The molecule has 1 aromatic rings. The molecule has 0 aromatic heterocycles. The van der Waals surface area contributed by atoms with Gasteiger partial charge in [-0.3, -0.25) is 0 Å². The van der Waals surface area contributed by atoms with Crippen LogP contribution in [-0.4, -0.2) is 38.8 Å². The molecule has 1 aromatic carbocycles. The fourth-order valence-electron chi connectivity index (χ4n) is 3.81. The van der Waals surface area contributed by atoms with E-state index in [2.05, 4.69) is 15.1 Å². The summed E-state index contributed by atoms with van der Waals surface area (Å²) in [5.41, 5.74) is 2.35. The lowest BCUT2D eigenvalue weighted by Crippen LogP contribution is -2.46. The Hall–Kier alpha value is -1.00. The largest absolute Gasteiger partial charge is 0.368 e. The number of hydrogen-bond acceptors (Lipinski definition) is 3. The van der Waals surface area contributed by atoms with Crippen LogP contribution >= 0.6 is 12.4 Å². The van der Waals surface area contributed by atoms with Gasteiger partial charge in [0.2, 0.25) is 0 Å². The summed E-state index contributed by atoms with van der Waals surface area (Å²) in [5, 5.41) is 3.50. The van der Waals surface area contributed by atoms with Gasteiger partial charge in [0.15, 0.2) is 0 Å². The summed E-state index contributed by atoms with van der Waals surface area (Å²) >= 11 is 0. The van der Waals surface area contributed by atoms with E-state index < -0.39 is 0 Å². The maximum atomic E-state index is 13.7. The van der Waals surface area contributed by atoms with E-state index in [9.17, 15) is 4.39 Å². The third-order valence-corrected chi connectivity index (χ3v) is 5.06. The van der Waals surface area contributed by atoms with Crippen LogP contribution < -0.4 is 15.1 Å². The maximum Gasteiger partial charge on any atom is 0.125 e. The zero-order valence-corrected chi connectivity index (χ0v) is 13.7. The van der Waals surface area contributed by atoms with Crippen molar-refractivity contribution in [2.45, 2.75) is 31.7 Å². The highest BCUT2D eigenvalue weighted by atomic mass is 35.5. The van der Waals surface area contributed by atoms with Crippen molar-refractivity contribution in [1.82, 2.24) is 5.32 Å². The van der Waals surface area contributed by atoms with Crippen LogP contribution in [0.4, 0.5) is 15.8 Å². The Morgan fingerprint density at radius 3 is 2.73 bits per heavy atom. The third-order valence-electron chi connectivity index (χ3n) is 5.06. The molecule has 0 radical (unpaired) electrons. The highest BCUT2D eigenvalue weighted by Gasteiger charge is 2.34. The zero-order valence-electron chi connectivity index (χ0n) is 12.9. The zero-order chi connectivity index (χ0) is 14.2. The molecule has 4 rings (SSSR count). The third kappa shape index (κ3) is 3.18. The topological polar surface area (TPSA) is 18.5 Å². The average molecular weight is 326 g/mol. The minimum absolute atomic E-state index is 0. The number of nitrogens with zero attached hydrogens (tertiary/aromatic N) is 2. The Morgan fingerprint density at radius 1 is 1.14 bits per heavy atom. The van der Waals surface area contributed by atoms with Gasteiger partial charge >= 0.3 is 0 Å². The summed E-state index contributed by atoms with van der Waals surface area (Å²) in [6.45, 7) is 5.50. The summed E-state index contributed by atoms with van der Waals surface area (Å²) in [4.78, 5) is 4.90. The van der Waals surface area contributed by atoms with Gasteiger partial charge in [0, 0.05) is 25.7 Å². The molecule has 1 saturated carbocycles. The molecule has 1 N–H and O–H groups in total. The van der Waals surface area contributed by atoms with Crippen molar-refractivity contribution in [3.05, 3.63) is 24.0 Å². The number of nitrogens with one attached hydrogen (secondary N) is 1. The Balaban J connectivity index is 0.00000144. The summed E-state index contributed by atoms with van der Waals surface area (Å²) in [7, 11) is 0. The van der Waals surface area contributed by atoms with Crippen molar-refractivity contribution >= 4 is 23.8 Å². The van der Waals surface area contributed by atoms with Crippen LogP contribution in [0.3, 0.4) is 0 Å². The molecule has 5 heteroatoms. The van der Waals surface area contributed by atoms with Crippen molar-refractivity contribution in [1.29, 1.82) is 0 Å². The molecule has 0 spiro atoms. The molecule has 2 heterocycles. The van der Waals surface area contributed by atoms with E-state index >= 15 is 0 Å². The van der Waals surface area contributed by atoms with E-state index in [1.54, 1.807) is 12.1 Å². The molecular weight excluding hydrogens is 301 g/mol. The van der Waals surface area contributed by atoms with Gasteiger partial charge < -0.3 is 15.1 Å². The normalized spacial score (nSPS) is 24.7. The molecule has 2 fully saturated rings. The van der Waals surface area contributed by atoms with Crippen LogP contribution in [0, 0.1) is 11.7 Å². The number of rotatable bonds is 3. The highest BCUT2D eigenvalue weighted by Crippen LogP contribution is 2.40. The van der Waals surface area contributed by atoms with Crippen LogP contribution in [0.15, 0.2) is 18.2 Å². The second-order valence-electron chi connectivity index (χ2n) is 6.72. The summed E-state index contributed by atoms with van der Waals surface area (Å²) in [5.74, 6) is 0.615. The highest BCUT2D eigenvalue weighted by molar-refractivity contribution is 5.85. The lowest BCUT2D eigenvalue weighted by atomic mass is 9.98. The van der Waals surface area contributed by atoms with E-state index in [1.807, 2.05) is 6.07 Å². The predicted molar refractivity (Wildman–Crippen MR) is 91.8 cm³/mol. The average Bonchev–Trinajstić information content (AvgIpc) is 3.33. The number of halogens is 2. The molecule has 122 valence electrons. The lowest BCUT2D eigenvalue weighted by molar-refractivity contribution is 0.376. The molecular formula is C17H25ClFN3. The summed E-state index contributed by atoms with van der Waals surface area (Å²) in [6.07, 6.45) is 5.13. The Kier molecular flexibility index (Phi) is 4.79. The first-order chi connectivity index (χ1) is 10.3. The van der Waals surface area contributed by atoms with E-state index in [0.29, 0.717) is 6.04 Å². The minimum Gasteiger partial charge on any atom is -0.368 e. The molecule has 1 atom stereocenters. The van der Waals surface area contributed by atoms with Gasteiger partial charge in [-0.1, -0.05) is 0 Å². The first-order valence-electron chi connectivity index (χ1n) is 8.33. The van der Waals surface area contributed by atoms with Gasteiger partial charge in [0.25, 0.3) is 0 Å². The van der Waals surface area contributed by atoms with Crippen LogP contribution in [0.5, 0.6) is 0 Å². The molecule has 0 amide bonds. The van der Waals surface area contributed by atoms with E-state index in [4.69, 9.17) is 0 Å². The number of fused-ring (bicyclic) bond motifs is 1. The maximum absolute atomic E-state index is 13.7. The van der Waals surface area contributed by atoms with Crippen molar-refractivity contribution in [2.75, 3.05) is 42.5 Å². The fraction of sp³-hybridized carbons (Fsp3) is 0.647. The van der Waals surface area contributed by atoms with Crippen molar-refractivity contribution < 1.29 is 4.39 Å². The van der Waals surface area contributed by atoms with E-state index in [1.165, 1.54) is 31.4 Å². The molecule has 22 heavy (non-hydrogen) atoms. The predicted octanol–water partition coefficient (Wildman–Crippen LogP) is 3.04. The van der Waals surface area contributed by atoms with Crippen molar-refractivity contribution in [3.8, 4) is 0 Å². The Bertz CT molecular complexity index is 515. The first-order valence-corrected chi connectivity index (χ1v) is 8.33. The second-order valence-corrected chi connectivity index (χ2v) is 6.72. The van der Waals surface area contributed by atoms with Gasteiger partial charge in [0.05, 0.1) is 11.4 Å². The smallest absolute Gasteiger partial charge is 0.125 e. The Morgan fingerprint density at radius 2 is 2.00 bits per heavy atom. The SMILES string of the molecule is Cl.Fc1ccc2c(c1)N(C1CC1)CCN2CC1CCCNC1. The van der Waals surface area contributed by atoms with Gasteiger partial charge in [-0.05, 0) is 62.9 Å². The van der Waals surface area contributed by atoms with E-state index in [-0.39, 0.29) is 18.2 Å². The van der Waals surface area contributed by atoms with Crippen LogP contribution in [0.1, 0.15) is 25.7 Å². The van der Waals surface area contributed by atoms with Crippen molar-refractivity contribution in [3.63, 3.8) is 0 Å². The summed E-state index contributed by atoms with van der Waals surface area (Å²) < 4.78 is 13.7. The molecule has 3 nitrogen and oxygen atoms in total. The second kappa shape index (κ2) is 6.63. The molecule has 2 aliphatic heterocycles. The van der Waals surface area contributed by atoms with Crippen LogP contribution in [0.2, 0.25) is 0 Å². The number of hydrogen-bond donors (Lipinski definition) is 1. The fourth-order valence-corrected chi connectivity index (χ4v) is 3.81. The van der Waals surface area contributed by atoms with Gasteiger partial charge in [-0.15, -0.1) is 12.4 Å². The quantitative estimate of drug-likeness (QED) is 0.921. The van der Waals surface area contributed by atoms with E-state index in [0.717, 1.165) is 44.3 Å². The van der Waals surface area contributed by atoms with Crippen molar-refractivity contribution in [2.24, 2.45) is 5.92 Å². The van der Waals surface area contributed by atoms with Gasteiger partial charge in [-0.25, -0.2) is 4.39 Å². The lowest BCUT2D eigenvalue weighted by Gasteiger charge is -2.41. The molecule has 3 aliphatic rings. The monoisotopic (exact) mass is 325 g/mol. The molecule has 1 unspecified atom stereocenters. The number of piperidine rings is 1. The van der Waals surface area contributed by atoms with Crippen LogP contribution in [0.25, 0.3) is 0 Å². The Labute approximate surface area is 138 Å². The van der Waals surface area contributed by atoms with Crippen LogP contribution in [-0.2, 0) is 0 Å². The van der Waals surface area contributed by atoms with Gasteiger partial charge in [-0.2, -0.15) is 0 Å².